The third-order valence-electron chi connectivity index (χ3n) is 7.85. The average Bonchev–Trinajstić information content (AvgIpc) is 2.98. The first kappa shape index (κ1) is 35.6. The Balaban J connectivity index is 2.40. The van der Waals surface area contributed by atoms with Crippen molar-refractivity contribution in [3.8, 4) is 12.1 Å². The molecule has 0 atom stereocenters. The molecule has 0 unspecified atom stereocenters. The molecule has 40 heavy (non-hydrogen) atoms. The van der Waals surface area contributed by atoms with E-state index in [1.165, 1.54) is 141 Å². The third-order valence-corrected chi connectivity index (χ3v) is 7.85. The van der Waals surface area contributed by atoms with Crippen molar-refractivity contribution in [1.82, 2.24) is 10.6 Å². The summed E-state index contributed by atoms with van der Waals surface area (Å²) in [6.45, 7) is 6.49. The van der Waals surface area contributed by atoms with Crippen LogP contribution in [0.25, 0.3) is 11.4 Å². The lowest BCUT2D eigenvalue weighted by molar-refractivity contribution is 0.542. The normalized spacial score (nSPS) is 10.6. The second-order valence-electron chi connectivity index (χ2n) is 11.5. The zero-order valence-electron chi connectivity index (χ0n) is 26.2. The maximum absolute atomic E-state index is 9.18. The van der Waals surface area contributed by atoms with Crippen LogP contribution in [0.5, 0.6) is 0 Å². The van der Waals surface area contributed by atoms with Crippen LogP contribution in [-0.2, 0) is 0 Å². The Morgan fingerprint density at radius 2 is 0.775 bits per heavy atom. The fourth-order valence-corrected chi connectivity index (χ4v) is 5.23. The summed E-state index contributed by atoms with van der Waals surface area (Å²) in [4.78, 5) is 0. The molecule has 1 aromatic carbocycles. The van der Waals surface area contributed by atoms with Crippen LogP contribution in [0.3, 0.4) is 0 Å². The van der Waals surface area contributed by atoms with Crippen molar-refractivity contribution in [2.24, 2.45) is 0 Å². The van der Waals surface area contributed by atoms with E-state index in [1.54, 1.807) is 0 Å². The Morgan fingerprint density at radius 3 is 1.10 bits per heavy atom. The second kappa shape index (κ2) is 26.7. The summed E-state index contributed by atoms with van der Waals surface area (Å²) < 4.78 is 0. The van der Waals surface area contributed by atoms with E-state index in [2.05, 4.69) is 24.5 Å². The van der Waals surface area contributed by atoms with Crippen LogP contribution in [0.1, 0.15) is 155 Å². The van der Waals surface area contributed by atoms with Crippen LogP contribution >= 0.6 is 0 Å². The molecule has 0 aliphatic carbocycles. The molecule has 0 aromatic heterocycles. The van der Waals surface area contributed by atoms with Gasteiger partial charge in [-0.25, -0.2) is 0 Å². The molecule has 0 fully saturated rings. The Morgan fingerprint density at radius 1 is 0.475 bits per heavy atom. The summed E-state index contributed by atoms with van der Waals surface area (Å²) in [6, 6.07) is 11.8. The number of nitriles is 2. The number of hydrogen-bond acceptors (Lipinski definition) is 4. The van der Waals surface area contributed by atoms with E-state index in [0.29, 0.717) is 5.22 Å². The highest BCUT2D eigenvalue weighted by molar-refractivity contribution is 5.72. The first-order chi connectivity index (χ1) is 19.8. The monoisotopic (exact) mass is 548 g/mol. The van der Waals surface area contributed by atoms with Gasteiger partial charge in [0.15, 0.2) is 0 Å². The van der Waals surface area contributed by atoms with Crippen molar-refractivity contribution in [1.29, 1.82) is 10.5 Å². The van der Waals surface area contributed by atoms with Gasteiger partial charge in [-0.1, -0.05) is 167 Å². The predicted octanol–water partition coefficient (Wildman–Crippen LogP) is 8.75. The van der Waals surface area contributed by atoms with Gasteiger partial charge in [-0.05, 0) is 12.8 Å². The molecule has 0 aliphatic rings. The van der Waals surface area contributed by atoms with Crippen molar-refractivity contribution in [3.05, 3.63) is 34.7 Å². The molecule has 0 amide bonds. The zero-order chi connectivity index (χ0) is 28.9. The van der Waals surface area contributed by atoms with Gasteiger partial charge in [0.05, 0.1) is 0 Å². The molecular formula is C36H60N4. The quantitative estimate of drug-likeness (QED) is 0.114. The largest absolute Gasteiger partial charge is 0.371 e. The summed E-state index contributed by atoms with van der Waals surface area (Å²) in [5.41, 5.74) is 0.163. The van der Waals surface area contributed by atoms with Gasteiger partial charge in [0.25, 0.3) is 0 Å². The number of unbranched alkanes of at least 4 members (excludes halogenated alkanes) is 20. The van der Waals surface area contributed by atoms with Crippen molar-refractivity contribution < 1.29 is 0 Å². The highest BCUT2D eigenvalue weighted by Crippen LogP contribution is 2.12. The highest BCUT2D eigenvalue weighted by atomic mass is 15.1. The smallest absolute Gasteiger partial charge is 0.136 e. The van der Waals surface area contributed by atoms with Gasteiger partial charge in [-0.3, -0.25) is 0 Å². The lowest BCUT2D eigenvalue weighted by atomic mass is 10.1. The van der Waals surface area contributed by atoms with Gasteiger partial charge in [0, 0.05) is 23.5 Å². The van der Waals surface area contributed by atoms with E-state index in [9.17, 15) is 10.5 Å². The van der Waals surface area contributed by atoms with Crippen LogP contribution in [0.15, 0.2) is 24.3 Å². The topological polar surface area (TPSA) is 71.6 Å². The molecule has 1 aromatic rings. The maximum Gasteiger partial charge on any atom is 0.136 e. The van der Waals surface area contributed by atoms with E-state index in [4.69, 9.17) is 0 Å². The molecule has 2 N–H and O–H groups in total. The molecule has 4 heteroatoms. The number of nitrogens with zero attached hydrogens (tertiary/aromatic N) is 2. The number of rotatable bonds is 26. The molecule has 1 rings (SSSR count). The van der Waals surface area contributed by atoms with Gasteiger partial charge in [-0.15, -0.1) is 0 Å². The van der Waals surface area contributed by atoms with E-state index >= 15 is 0 Å². The van der Waals surface area contributed by atoms with Crippen LogP contribution in [-0.4, -0.2) is 13.1 Å². The van der Waals surface area contributed by atoms with E-state index < -0.39 is 0 Å². The molecule has 0 saturated carbocycles. The first-order valence-electron chi connectivity index (χ1n) is 16.9. The number of hydrogen-bond donors (Lipinski definition) is 2. The predicted molar refractivity (Wildman–Crippen MR) is 173 cm³/mol. The lowest BCUT2D eigenvalue weighted by Crippen LogP contribution is -2.33. The second-order valence-corrected chi connectivity index (χ2v) is 11.5. The summed E-state index contributed by atoms with van der Waals surface area (Å²) in [5, 5.41) is 27.4. The highest BCUT2D eigenvalue weighted by Gasteiger charge is 2.01. The average molecular weight is 549 g/mol. The summed E-state index contributed by atoms with van der Waals surface area (Å²) in [6.07, 6.45) is 29.7. The molecule has 4 nitrogen and oxygen atoms in total. The number of nitrogens with one attached hydrogen (secondary N) is 2. The SMILES string of the molecule is CCCCCCCCCCCCCNC(NCCCCCCCCCCCCC)=c1ccc(=C(C#N)C#N)cc1. The fraction of sp³-hybridized carbons (Fsp3) is 0.722. The van der Waals surface area contributed by atoms with E-state index in [-0.39, 0.29) is 5.57 Å². The molecule has 0 radical (unpaired) electrons. The van der Waals surface area contributed by atoms with Crippen molar-refractivity contribution in [2.45, 2.75) is 155 Å². The molecule has 224 valence electrons. The first-order valence-corrected chi connectivity index (χ1v) is 16.9. The number of benzene rings is 1. The summed E-state index contributed by atoms with van der Waals surface area (Å²) in [7, 11) is 0. The Hall–Kier alpha value is -2.46. The Bertz CT molecular complexity index is 868. The lowest BCUT2D eigenvalue weighted by Gasteiger charge is -2.14. The van der Waals surface area contributed by atoms with E-state index in [1.807, 2.05) is 36.4 Å². The minimum atomic E-state index is 0.163. The van der Waals surface area contributed by atoms with Crippen molar-refractivity contribution in [2.75, 3.05) is 13.1 Å². The van der Waals surface area contributed by atoms with Crippen molar-refractivity contribution >= 4 is 11.4 Å². The molecule has 0 spiro atoms. The minimum absolute atomic E-state index is 0.163. The molecule has 0 heterocycles. The molecular weight excluding hydrogens is 488 g/mol. The molecule has 0 aliphatic heterocycles. The summed E-state index contributed by atoms with van der Waals surface area (Å²) in [5.74, 6) is 1.07. The summed E-state index contributed by atoms with van der Waals surface area (Å²) >= 11 is 0. The Kier molecular flexibility index (Phi) is 23.8. The van der Waals surface area contributed by atoms with Gasteiger partial charge in [-0.2, -0.15) is 10.5 Å². The van der Waals surface area contributed by atoms with Gasteiger partial charge >= 0.3 is 0 Å². The Labute approximate surface area is 247 Å². The maximum atomic E-state index is 9.18. The van der Waals surface area contributed by atoms with Crippen LogP contribution in [0.2, 0.25) is 0 Å². The molecule has 0 bridgehead atoms. The standard InChI is InChI=1S/C36H60N4/c1-3-5-7-9-11-13-15-17-19-21-23-29-39-36(34-27-25-33(26-28-34)35(31-37)32-38)40-30-24-22-20-18-16-14-12-10-8-6-4-2/h25-28,39-40H,3-24,29-30H2,1-2H3. The van der Waals surface area contributed by atoms with Gasteiger partial charge < -0.3 is 10.6 Å². The van der Waals surface area contributed by atoms with Crippen molar-refractivity contribution in [3.63, 3.8) is 0 Å². The van der Waals surface area contributed by atoms with E-state index in [0.717, 1.165) is 24.1 Å². The fourth-order valence-electron chi connectivity index (χ4n) is 5.23. The third kappa shape index (κ3) is 18.8. The van der Waals surface area contributed by atoms with Crippen LogP contribution in [0.4, 0.5) is 0 Å². The van der Waals surface area contributed by atoms with Gasteiger partial charge in [0.1, 0.15) is 23.5 Å². The van der Waals surface area contributed by atoms with Gasteiger partial charge in [0.2, 0.25) is 0 Å². The van der Waals surface area contributed by atoms with Crippen LogP contribution in [0, 0.1) is 22.7 Å². The molecule has 0 saturated heterocycles. The van der Waals surface area contributed by atoms with Crippen LogP contribution < -0.4 is 21.1 Å². The minimum Gasteiger partial charge on any atom is -0.371 e. The zero-order valence-corrected chi connectivity index (χ0v) is 26.2.